The van der Waals surface area contributed by atoms with Crippen LogP contribution in [0.4, 0.5) is 0 Å². The number of thiol groups is 1. The highest BCUT2D eigenvalue weighted by atomic mass is 32.2. The predicted molar refractivity (Wildman–Crippen MR) is 35.7 cm³/mol. The molecule has 0 radical (unpaired) electrons. The lowest BCUT2D eigenvalue weighted by molar-refractivity contribution is 0.298. The average molecular weight is 172 g/mol. The topological polar surface area (TPSA) is 63.6 Å². The Balaban J connectivity index is 4.14. The van der Waals surface area contributed by atoms with Crippen LogP contribution in [0.3, 0.4) is 0 Å². The zero-order chi connectivity index (χ0) is 7.49. The van der Waals surface area contributed by atoms with Crippen LogP contribution in [0.1, 0.15) is 13.3 Å². The molecule has 4 nitrogen and oxygen atoms in total. The van der Waals surface area contributed by atoms with E-state index in [0.29, 0.717) is 0 Å². The molecule has 0 aromatic carbocycles. The standard InChI is InChI=1S/C3H8O4S2/c1-2-3(7-8)9(4,5)6/h3,8H,2H2,1H3,(H,4,5,6). The SMILES string of the molecule is CCC(OS)S(=O)(=O)O. The van der Waals surface area contributed by atoms with Crippen molar-refractivity contribution in [2.45, 2.75) is 18.8 Å². The lowest BCUT2D eigenvalue weighted by atomic mass is 10.5. The van der Waals surface area contributed by atoms with Gasteiger partial charge in [-0.3, -0.25) is 8.74 Å². The summed E-state index contributed by atoms with van der Waals surface area (Å²) >= 11 is 3.25. The Labute approximate surface area is 59.6 Å². The van der Waals surface area contributed by atoms with Crippen LogP contribution in [-0.4, -0.2) is 18.4 Å². The van der Waals surface area contributed by atoms with Crippen LogP contribution in [-0.2, 0) is 14.3 Å². The Morgan fingerprint density at radius 1 is 1.78 bits per heavy atom. The van der Waals surface area contributed by atoms with Crippen molar-refractivity contribution in [2.24, 2.45) is 0 Å². The second-order valence-corrected chi connectivity index (χ2v) is 3.22. The van der Waals surface area contributed by atoms with E-state index in [1.807, 2.05) is 0 Å². The Morgan fingerprint density at radius 3 is 2.22 bits per heavy atom. The summed E-state index contributed by atoms with van der Waals surface area (Å²) in [6.07, 6.45) is 0.183. The van der Waals surface area contributed by atoms with Gasteiger partial charge in [0.05, 0.1) is 0 Å². The minimum absolute atomic E-state index is 0.183. The highest BCUT2D eigenvalue weighted by molar-refractivity contribution is 7.87. The molecule has 0 spiro atoms. The van der Waals surface area contributed by atoms with Crippen LogP contribution < -0.4 is 0 Å². The molecule has 6 heteroatoms. The second-order valence-electron chi connectivity index (χ2n) is 1.46. The maximum absolute atomic E-state index is 10.2. The summed E-state index contributed by atoms with van der Waals surface area (Å²) in [5.41, 5.74) is -1.21. The third kappa shape index (κ3) is 3.04. The monoisotopic (exact) mass is 172 g/mol. The van der Waals surface area contributed by atoms with Gasteiger partial charge in [-0.2, -0.15) is 8.42 Å². The van der Waals surface area contributed by atoms with E-state index in [2.05, 4.69) is 17.1 Å². The number of hydrogen-bond donors (Lipinski definition) is 2. The highest BCUT2D eigenvalue weighted by Gasteiger charge is 2.19. The predicted octanol–water partition coefficient (Wildman–Crippen LogP) is 0.472. The van der Waals surface area contributed by atoms with Gasteiger partial charge in [-0.15, -0.1) is 0 Å². The van der Waals surface area contributed by atoms with Gasteiger partial charge in [0.2, 0.25) is 0 Å². The molecule has 0 aromatic rings. The van der Waals surface area contributed by atoms with E-state index in [4.69, 9.17) is 4.55 Å². The molecule has 0 bridgehead atoms. The molecule has 0 aliphatic rings. The summed E-state index contributed by atoms with van der Waals surface area (Å²) in [6.45, 7) is 1.56. The third-order valence-corrected chi connectivity index (χ3v) is 2.27. The summed E-state index contributed by atoms with van der Waals surface area (Å²) in [6, 6.07) is 0. The first-order chi connectivity index (χ1) is 4.02. The Kier molecular flexibility index (Phi) is 3.49. The summed E-state index contributed by atoms with van der Waals surface area (Å²) in [4.78, 5) is 0. The quantitative estimate of drug-likeness (QED) is 0.369. The van der Waals surface area contributed by atoms with Gasteiger partial charge in [0.1, 0.15) is 0 Å². The van der Waals surface area contributed by atoms with Crippen molar-refractivity contribution in [1.29, 1.82) is 0 Å². The maximum Gasteiger partial charge on any atom is 0.293 e. The van der Waals surface area contributed by atoms with Gasteiger partial charge in [0, 0.05) is 0 Å². The first kappa shape index (κ1) is 9.22. The van der Waals surface area contributed by atoms with Crippen molar-refractivity contribution in [1.82, 2.24) is 0 Å². The van der Waals surface area contributed by atoms with E-state index in [1.54, 1.807) is 6.92 Å². The van der Waals surface area contributed by atoms with Crippen molar-refractivity contribution in [2.75, 3.05) is 0 Å². The smallest absolute Gasteiger partial charge is 0.293 e. The maximum atomic E-state index is 10.2. The molecule has 0 saturated heterocycles. The van der Waals surface area contributed by atoms with Gasteiger partial charge in [0.25, 0.3) is 10.1 Å². The summed E-state index contributed by atoms with van der Waals surface area (Å²) in [5, 5.41) is 0. The Bertz CT molecular complexity index is 157. The molecule has 9 heavy (non-hydrogen) atoms. The summed E-state index contributed by atoms with van der Waals surface area (Å²) < 4.78 is 32.7. The van der Waals surface area contributed by atoms with E-state index >= 15 is 0 Å². The first-order valence-corrected chi connectivity index (χ1v) is 4.15. The molecule has 0 fully saturated rings. The van der Waals surface area contributed by atoms with Crippen LogP contribution in [0.5, 0.6) is 0 Å². The van der Waals surface area contributed by atoms with E-state index < -0.39 is 15.6 Å². The van der Waals surface area contributed by atoms with E-state index in [9.17, 15) is 8.42 Å². The van der Waals surface area contributed by atoms with Crippen molar-refractivity contribution in [3.8, 4) is 0 Å². The molecule has 1 atom stereocenters. The number of hydrogen-bond acceptors (Lipinski definition) is 4. The van der Waals surface area contributed by atoms with Crippen LogP contribution in [0.2, 0.25) is 0 Å². The van der Waals surface area contributed by atoms with E-state index in [-0.39, 0.29) is 6.42 Å². The Morgan fingerprint density at radius 2 is 2.22 bits per heavy atom. The van der Waals surface area contributed by atoms with Crippen LogP contribution in [0, 0.1) is 0 Å². The molecule has 56 valence electrons. The molecule has 0 saturated carbocycles. The normalized spacial score (nSPS) is 15.4. The van der Waals surface area contributed by atoms with Crippen molar-refractivity contribution in [3.63, 3.8) is 0 Å². The third-order valence-electron chi connectivity index (χ3n) is 0.783. The fourth-order valence-corrected chi connectivity index (χ4v) is 1.34. The molecular weight excluding hydrogens is 164 g/mol. The Hall–Kier alpha value is 0.220. The van der Waals surface area contributed by atoms with Crippen LogP contribution >= 0.6 is 12.9 Å². The van der Waals surface area contributed by atoms with Gasteiger partial charge in [-0.1, -0.05) is 6.92 Å². The number of rotatable bonds is 3. The highest BCUT2D eigenvalue weighted by Crippen LogP contribution is 2.06. The molecule has 0 aliphatic heterocycles. The lowest BCUT2D eigenvalue weighted by Crippen LogP contribution is -2.19. The fourth-order valence-electron chi connectivity index (χ4n) is 0.340. The van der Waals surface area contributed by atoms with Crippen LogP contribution in [0.15, 0.2) is 0 Å². The van der Waals surface area contributed by atoms with Crippen molar-refractivity contribution < 1.29 is 17.2 Å². The zero-order valence-corrected chi connectivity index (χ0v) is 6.52. The largest absolute Gasteiger partial charge is 0.297 e. The van der Waals surface area contributed by atoms with Gasteiger partial charge < -0.3 is 0 Å². The molecule has 0 heterocycles. The van der Waals surface area contributed by atoms with Gasteiger partial charge in [-0.05, 0) is 19.3 Å². The van der Waals surface area contributed by atoms with Crippen LogP contribution in [0.25, 0.3) is 0 Å². The molecule has 0 aliphatic carbocycles. The molecule has 0 rings (SSSR count). The van der Waals surface area contributed by atoms with Crippen molar-refractivity contribution >= 4 is 23.0 Å². The first-order valence-electron chi connectivity index (χ1n) is 2.29. The second kappa shape index (κ2) is 3.40. The zero-order valence-electron chi connectivity index (χ0n) is 4.81. The summed E-state index contributed by atoms with van der Waals surface area (Å²) in [5.74, 6) is 0. The van der Waals surface area contributed by atoms with E-state index in [1.165, 1.54) is 0 Å². The molecule has 0 amide bonds. The van der Waals surface area contributed by atoms with E-state index in [0.717, 1.165) is 0 Å². The minimum Gasteiger partial charge on any atom is -0.297 e. The molecular formula is C3H8O4S2. The van der Waals surface area contributed by atoms with Gasteiger partial charge in [-0.25, -0.2) is 0 Å². The molecule has 0 aromatic heterocycles. The van der Waals surface area contributed by atoms with Gasteiger partial charge >= 0.3 is 0 Å². The van der Waals surface area contributed by atoms with Crippen molar-refractivity contribution in [3.05, 3.63) is 0 Å². The van der Waals surface area contributed by atoms with Gasteiger partial charge in [0.15, 0.2) is 5.44 Å². The minimum atomic E-state index is -4.06. The molecule has 1 N–H and O–H groups in total. The summed E-state index contributed by atoms with van der Waals surface area (Å²) in [7, 11) is -4.06. The molecule has 1 unspecified atom stereocenters. The lowest BCUT2D eigenvalue weighted by Gasteiger charge is -2.05. The average Bonchev–Trinajstić information content (AvgIpc) is 1.65. The fraction of sp³-hybridized carbons (Fsp3) is 1.00.